The summed E-state index contributed by atoms with van der Waals surface area (Å²) < 4.78 is 27.2. The summed E-state index contributed by atoms with van der Waals surface area (Å²) in [6.07, 6.45) is 1.64. The van der Waals surface area contributed by atoms with Crippen LogP contribution in [0.25, 0.3) is 0 Å². The predicted octanol–water partition coefficient (Wildman–Crippen LogP) is 3.24. The molecule has 1 aliphatic heterocycles. The molecular weight excluding hydrogens is 436 g/mol. The summed E-state index contributed by atoms with van der Waals surface area (Å²) in [5.41, 5.74) is 2.32. The number of benzene rings is 2. The van der Waals surface area contributed by atoms with E-state index in [0.29, 0.717) is 12.2 Å². The zero-order valence-electron chi connectivity index (χ0n) is 16.6. The second kappa shape index (κ2) is 8.48. The molecule has 0 bridgehead atoms. The van der Waals surface area contributed by atoms with Crippen molar-refractivity contribution in [2.45, 2.75) is 18.2 Å². The lowest BCUT2D eigenvalue weighted by molar-refractivity contribution is -0.122. The molecule has 0 radical (unpaired) electrons. The largest absolute Gasteiger partial charge is 0.326 e. The zero-order chi connectivity index (χ0) is 22.0. The Bertz CT molecular complexity index is 1190. The van der Waals surface area contributed by atoms with Crippen molar-refractivity contribution in [3.8, 4) is 0 Å². The van der Waals surface area contributed by atoms with Crippen LogP contribution in [0, 0.1) is 12.8 Å². The smallest absolute Gasteiger partial charge is 0.263 e. The molecule has 1 fully saturated rings. The summed E-state index contributed by atoms with van der Waals surface area (Å²) in [6.45, 7) is 2.27. The van der Waals surface area contributed by atoms with Gasteiger partial charge in [0.15, 0.2) is 5.13 Å². The lowest BCUT2D eigenvalue weighted by Crippen LogP contribution is -2.28. The number of anilines is 3. The molecule has 1 saturated heterocycles. The van der Waals surface area contributed by atoms with Crippen LogP contribution in [-0.4, -0.2) is 31.8 Å². The first-order chi connectivity index (χ1) is 14.8. The second-order valence-corrected chi connectivity index (χ2v) is 9.77. The van der Waals surface area contributed by atoms with E-state index in [1.54, 1.807) is 10.3 Å². The van der Waals surface area contributed by atoms with Crippen LogP contribution in [0.4, 0.5) is 16.5 Å². The lowest BCUT2D eigenvalue weighted by Gasteiger charge is -2.17. The number of rotatable bonds is 6. The maximum atomic E-state index is 12.7. The lowest BCUT2D eigenvalue weighted by atomic mass is 10.1. The highest BCUT2D eigenvalue weighted by molar-refractivity contribution is 7.93. The highest BCUT2D eigenvalue weighted by Crippen LogP contribution is 2.27. The van der Waals surface area contributed by atoms with Crippen LogP contribution in [-0.2, 0) is 19.6 Å². The molecule has 0 spiro atoms. The summed E-state index contributed by atoms with van der Waals surface area (Å²) in [7, 11) is -3.76. The van der Waals surface area contributed by atoms with Crippen molar-refractivity contribution in [3.63, 3.8) is 0 Å². The average molecular weight is 457 g/mol. The average Bonchev–Trinajstić information content (AvgIpc) is 3.38. The van der Waals surface area contributed by atoms with Crippen molar-refractivity contribution >= 4 is 49.7 Å². The van der Waals surface area contributed by atoms with Crippen molar-refractivity contribution in [2.24, 2.45) is 5.92 Å². The summed E-state index contributed by atoms with van der Waals surface area (Å²) in [6, 6.07) is 13.4. The first kappa shape index (κ1) is 21.0. The summed E-state index contributed by atoms with van der Waals surface area (Å²) in [5, 5.41) is 4.72. The van der Waals surface area contributed by atoms with Crippen molar-refractivity contribution in [3.05, 3.63) is 65.7 Å². The zero-order valence-corrected chi connectivity index (χ0v) is 18.2. The van der Waals surface area contributed by atoms with E-state index < -0.39 is 15.9 Å². The highest BCUT2D eigenvalue weighted by Gasteiger charge is 2.35. The van der Waals surface area contributed by atoms with E-state index in [0.717, 1.165) is 11.3 Å². The van der Waals surface area contributed by atoms with E-state index >= 15 is 0 Å². The molecule has 160 valence electrons. The fourth-order valence-electron chi connectivity index (χ4n) is 3.27. The molecule has 31 heavy (non-hydrogen) atoms. The molecule has 10 heteroatoms. The Morgan fingerprint density at radius 3 is 2.48 bits per heavy atom. The number of nitrogens with one attached hydrogen (secondary N) is 2. The monoisotopic (exact) mass is 456 g/mol. The van der Waals surface area contributed by atoms with E-state index in [2.05, 4.69) is 15.0 Å². The van der Waals surface area contributed by atoms with Gasteiger partial charge in [-0.25, -0.2) is 13.4 Å². The summed E-state index contributed by atoms with van der Waals surface area (Å²) in [4.78, 5) is 30.6. The molecule has 0 saturated carbocycles. The highest BCUT2D eigenvalue weighted by atomic mass is 32.2. The van der Waals surface area contributed by atoms with Gasteiger partial charge in [-0.1, -0.05) is 17.7 Å². The molecule has 2 N–H and O–H groups in total. The Balaban J connectivity index is 1.40. The Labute approximate surface area is 184 Å². The molecule has 2 amide bonds. The van der Waals surface area contributed by atoms with Gasteiger partial charge >= 0.3 is 0 Å². The standard InChI is InChI=1S/C21H20N4O4S2/c1-14-2-6-17(7-3-14)25-13-15(12-19(25)26)20(27)23-16-4-8-18(9-5-16)31(28,29)24-21-22-10-11-30-21/h2-11,15H,12-13H2,1H3,(H,22,24)(H,23,27)/t15-/m1/s1. The van der Waals surface area contributed by atoms with Crippen LogP contribution < -0.4 is 14.9 Å². The van der Waals surface area contributed by atoms with E-state index in [1.807, 2.05) is 31.2 Å². The number of nitrogens with zero attached hydrogens (tertiary/aromatic N) is 2. The predicted molar refractivity (Wildman–Crippen MR) is 120 cm³/mol. The molecule has 1 atom stereocenters. The number of carbonyl (C=O) groups is 2. The number of hydrogen-bond acceptors (Lipinski definition) is 6. The number of aromatic nitrogens is 1. The van der Waals surface area contributed by atoms with Gasteiger partial charge in [-0.15, -0.1) is 11.3 Å². The molecule has 3 aromatic rings. The molecular formula is C21H20N4O4S2. The van der Waals surface area contributed by atoms with Crippen LogP contribution in [0.1, 0.15) is 12.0 Å². The van der Waals surface area contributed by atoms with Crippen LogP contribution >= 0.6 is 11.3 Å². The molecule has 0 aliphatic carbocycles. The van der Waals surface area contributed by atoms with Crippen LogP contribution in [0.5, 0.6) is 0 Å². The van der Waals surface area contributed by atoms with Crippen molar-refractivity contribution in [2.75, 3.05) is 21.5 Å². The van der Waals surface area contributed by atoms with E-state index in [9.17, 15) is 18.0 Å². The minimum Gasteiger partial charge on any atom is -0.326 e. The topological polar surface area (TPSA) is 108 Å². The molecule has 2 heterocycles. The van der Waals surface area contributed by atoms with Crippen LogP contribution in [0.2, 0.25) is 0 Å². The third-order valence-electron chi connectivity index (χ3n) is 4.93. The van der Waals surface area contributed by atoms with E-state index in [-0.39, 0.29) is 28.3 Å². The number of aryl methyl sites for hydroxylation is 1. The fraction of sp³-hybridized carbons (Fsp3) is 0.190. The summed E-state index contributed by atoms with van der Waals surface area (Å²) >= 11 is 1.18. The van der Waals surface area contributed by atoms with Gasteiger partial charge in [0.05, 0.1) is 10.8 Å². The maximum absolute atomic E-state index is 12.7. The van der Waals surface area contributed by atoms with Gasteiger partial charge in [-0.05, 0) is 43.3 Å². The number of hydrogen-bond donors (Lipinski definition) is 2. The normalized spacial score (nSPS) is 16.4. The number of amides is 2. The van der Waals surface area contributed by atoms with Crippen molar-refractivity contribution < 1.29 is 18.0 Å². The van der Waals surface area contributed by atoms with Gasteiger partial charge in [0.25, 0.3) is 10.0 Å². The Hall–Kier alpha value is -3.24. The second-order valence-electron chi connectivity index (χ2n) is 7.20. The maximum Gasteiger partial charge on any atom is 0.263 e. The SMILES string of the molecule is Cc1ccc(N2C[C@H](C(=O)Nc3ccc(S(=O)(=O)Nc4nccs4)cc3)CC2=O)cc1. The Kier molecular flexibility index (Phi) is 5.75. The first-order valence-electron chi connectivity index (χ1n) is 9.52. The summed E-state index contributed by atoms with van der Waals surface area (Å²) in [5.74, 6) is -0.859. The van der Waals surface area contributed by atoms with Gasteiger partial charge < -0.3 is 10.2 Å². The van der Waals surface area contributed by atoms with Gasteiger partial charge in [0.1, 0.15) is 0 Å². The van der Waals surface area contributed by atoms with E-state index in [4.69, 9.17) is 0 Å². The van der Waals surface area contributed by atoms with Gasteiger partial charge in [-0.3, -0.25) is 14.3 Å². The molecule has 8 nitrogen and oxygen atoms in total. The van der Waals surface area contributed by atoms with Crippen LogP contribution in [0.15, 0.2) is 65.0 Å². The van der Waals surface area contributed by atoms with Crippen molar-refractivity contribution in [1.82, 2.24) is 4.98 Å². The molecule has 2 aromatic carbocycles. The third kappa shape index (κ3) is 4.75. The Morgan fingerprint density at radius 2 is 1.84 bits per heavy atom. The van der Waals surface area contributed by atoms with Crippen LogP contribution in [0.3, 0.4) is 0 Å². The quantitative estimate of drug-likeness (QED) is 0.592. The van der Waals surface area contributed by atoms with Gasteiger partial charge in [0, 0.05) is 35.9 Å². The Morgan fingerprint density at radius 1 is 1.13 bits per heavy atom. The molecule has 0 unspecified atom stereocenters. The van der Waals surface area contributed by atoms with Gasteiger partial charge in [0.2, 0.25) is 11.8 Å². The minimum atomic E-state index is -3.76. The fourth-order valence-corrected chi connectivity index (χ4v) is 5.06. The van der Waals surface area contributed by atoms with Gasteiger partial charge in [-0.2, -0.15) is 0 Å². The number of thiazole rings is 1. The van der Waals surface area contributed by atoms with E-state index in [1.165, 1.54) is 41.8 Å². The first-order valence-corrected chi connectivity index (χ1v) is 11.9. The minimum absolute atomic E-state index is 0.0577. The number of carbonyl (C=O) groups excluding carboxylic acids is 2. The van der Waals surface area contributed by atoms with Crippen molar-refractivity contribution in [1.29, 1.82) is 0 Å². The number of sulfonamides is 1. The molecule has 1 aliphatic rings. The molecule has 4 rings (SSSR count). The molecule has 1 aromatic heterocycles. The third-order valence-corrected chi connectivity index (χ3v) is 7.10.